The smallest absolute Gasteiger partial charge is 0.288 e. The molecule has 0 amide bonds. The van der Waals surface area contributed by atoms with Crippen molar-refractivity contribution >= 4 is 5.69 Å². The van der Waals surface area contributed by atoms with Crippen LogP contribution in [0.4, 0.5) is 5.69 Å². The predicted octanol–water partition coefficient (Wildman–Crippen LogP) is 2.45. The Morgan fingerprint density at radius 3 is 2.71 bits per heavy atom. The van der Waals surface area contributed by atoms with E-state index in [4.69, 9.17) is 4.74 Å². The van der Waals surface area contributed by atoms with E-state index < -0.39 is 4.92 Å². The molecule has 1 aromatic carbocycles. The maximum atomic E-state index is 11.8. The summed E-state index contributed by atoms with van der Waals surface area (Å²) >= 11 is 0. The van der Waals surface area contributed by atoms with Crippen LogP contribution in [0.3, 0.4) is 0 Å². The lowest BCUT2D eigenvalue weighted by Crippen LogP contribution is -2.23. The molecule has 0 radical (unpaired) electrons. The van der Waals surface area contributed by atoms with Crippen molar-refractivity contribution in [2.75, 3.05) is 6.61 Å². The highest BCUT2D eigenvalue weighted by Gasteiger charge is 2.13. The Hall–Kier alpha value is -2.63. The summed E-state index contributed by atoms with van der Waals surface area (Å²) < 4.78 is 6.84. The molecule has 1 heterocycles. The summed E-state index contributed by atoms with van der Waals surface area (Å²) in [4.78, 5) is 22.2. The van der Waals surface area contributed by atoms with E-state index in [0.29, 0.717) is 11.3 Å². The molecule has 0 saturated carbocycles. The molecule has 0 fully saturated rings. The summed E-state index contributed by atoms with van der Waals surface area (Å²) in [6.45, 7) is 4.03. The lowest BCUT2D eigenvalue weighted by molar-refractivity contribution is -0.385. The van der Waals surface area contributed by atoms with Gasteiger partial charge in [0.1, 0.15) is 12.4 Å². The fraction of sp³-hybridized carbons (Fsp3) is 0.267. The Kier molecular flexibility index (Phi) is 4.37. The van der Waals surface area contributed by atoms with Crippen molar-refractivity contribution in [1.29, 1.82) is 0 Å². The molecule has 1 aromatic heterocycles. The second-order valence-corrected chi connectivity index (χ2v) is 4.80. The van der Waals surface area contributed by atoms with Gasteiger partial charge in [-0.2, -0.15) is 0 Å². The first-order chi connectivity index (χ1) is 9.97. The van der Waals surface area contributed by atoms with Crippen molar-refractivity contribution in [3.8, 4) is 5.75 Å². The summed E-state index contributed by atoms with van der Waals surface area (Å²) in [6.07, 6.45) is 1.26. The highest BCUT2D eigenvalue weighted by molar-refractivity contribution is 5.35. The zero-order valence-corrected chi connectivity index (χ0v) is 11.9. The van der Waals surface area contributed by atoms with Crippen molar-refractivity contribution in [2.45, 2.75) is 20.4 Å². The number of nitro groups is 1. The van der Waals surface area contributed by atoms with E-state index in [1.165, 1.54) is 16.8 Å². The van der Waals surface area contributed by atoms with Crippen LogP contribution in [0, 0.1) is 24.0 Å². The number of hydrogen-bond donors (Lipinski definition) is 0. The zero-order chi connectivity index (χ0) is 15.4. The molecular formula is C15H16N2O4. The van der Waals surface area contributed by atoms with Crippen molar-refractivity contribution in [2.24, 2.45) is 0 Å². The minimum Gasteiger partial charge on any atom is -0.492 e. The Bertz CT molecular complexity index is 722. The van der Waals surface area contributed by atoms with Crippen LogP contribution in [0.5, 0.6) is 5.75 Å². The van der Waals surface area contributed by atoms with Gasteiger partial charge in [0, 0.05) is 11.6 Å². The largest absolute Gasteiger partial charge is 0.492 e. The van der Waals surface area contributed by atoms with Crippen LogP contribution < -0.4 is 10.3 Å². The number of benzene rings is 1. The molecule has 0 aliphatic heterocycles. The van der Waals surface area contributed by atoms with E-state index in [-0.39, 0.29) is 24.4 Å². The van der Waals surface area contributed by atoms with E-state index in [1.807, 2.05) is 31.2 Å². The molecule has 0 atom stereocenters. The fourth-order valence-electron chi connectivity index (χ4n) is 1.99. The first kappa shape index (κ1) is 14.8. The number of pyridine rings is 1. The first-order valence-electron chi connectivity index (χ1n) is 6.52. The molecule has 21 heavy (non-hydrogen) atoms. The van der Waals surface area contributed by atoms with E-state index in [2.05, 4.69) is 0 Å². The Morgan fingerprint density at radius 2 is 2.05 bits per heavy atom. The molecule has 0 unspecified atom stereocenters. The molecule has 0 spiro atoms. The lowest BCUT2D eigenvalue weighted by atomic mass is 10.2. The summed E-state index contributed by atoms with van der Waals surface area (Å²) in [5, 5.41) is 10.9. The predicted molar refractivity (Wildman–Crippen MR) is 78.8 cm³/mol. The molecule has 0 aliphatic rings. The molecule has 2 aromatic rings. The third kappa shape index (κ3) is 3.68. The molecule has 6 heteroatoms. The molecule has 0 saturated heterocycles. The first-order valence-corrected chi connectivity index (χ1v) is 6.52. The summed E-state index contributed by atoms with van der Waals surface area (Å²) in [5.74, 6) is 0.713. The van der Waals surface area contributed by atoms with Gasteiger partial charge in [0.2, 0.25) is 0 Å². The van der Waals surface area contributed by atoms with Gasteiger partial charge in [0.15, 0.2) is 0 Å². The van der Waals surface area contributed by atoms with Crippen LogP contribution in [-0.2, 0) is 6.54 Å². The van der Waals surface area contributed by atoms with Gasteiger partial charge in [-0.1, -0.05) is 12.1 Å². The van der Waals surface area contributed by atoms with Gasteiger partial charge >= 0.3 is 0 Å². The van der Waals surface area contributed by atoms with Crippen LogP contribution in [0.25, 0.3) is 0 Å². The van der Waals surface area contributed by atoms with Crippen molar-refractivity contribution in [3.05, 3.63) is 68.1 Å². The zero-order valence-electron chi connectivity index (χ0n) is 11.9. The summed E-state index contributed by atoms with van der Waals surface area (Å²) in [7, 11) is 0. The fourth-order valence-corrected chi connectivity index (χ4v) is 1.99. The third-order valence-corrected chi connectivity index (χ3v) is 3.09. The molecular weight excluding hydrogens is 272 g/mol. The normalized spacial score (nSPS) is 10.4. The quantitative estimate of drug-likeness (QED) is 0.625. The van der Waals surface area contributed by atoms with Gasteiger partial charge in [-0.3, -0.25) is 14.9 Å². The van der Waals surface area contributed by atoms with Gasteiger partial charge in [0.25, 0.3) is 11.2 Å². The monoisotopic (exact) mass is 288 g/mol. The van der Waals surface area contributed by atoms with Gasteiger partial charge < -0.3 is 9.30 Å². The van der Waals surface area contributed by atoms with Crippen molar-refractivity contribution in [1.82, 2.24) is 4.57 Å². The van der Waals surface area contributed by atoms with Gasteiger partial charge in [-0.05, 0) is 31.5 Å². The number of hydrogen-bond acceptors (Lipinski definition) is 4. The van der Waals surface area contributed by atoms with E-state index in [9.17, 15) is 14.9 Å². The Balaban J connectivity index is 2.08. The average Bonchev–Trinajstić information content (AvgIpc) is 2.41. The summed E-state index contributed by atoms with van der Waals surface area (Å²) in [6, 6.07) is 8.83. The van der Waals surface area contributed by atoms with Crippen LogP contribution in [0.15, 0.2) is 41.3 Å². The maximum Gasteiger partial charge on any atom is 0.288 e. The second kappa shape index (κ2) is 6.21. The van der Waals surface area contributed by atoms with Gasteiger partial charge in [-0.25, -0.2) is 0 Å². The Morgan fingerprint density at radius 1 is 1.29 bits per heavy atom. The van der Waals surface area contributed by atoms with Crippen LogP contribution in [0.2, 0.25) is 0 Å². The van der Waals surface area contributed by atoms with E-state index >= 15 is 0 Å². The Labute approximate surface area is 121 Å². The molecule has 6 nitrogen and oxygen atoms in total. The average molecular weight is 288 g/mol. The molecule has 0 aliphatic carbocycles. The maximum absolute atomic E-state index is 11.8. The topological polar surface area (TPSA) is 74.4 Å². The van der Waals surface area contributed by atoms with Crippen LogP contribution in [0.1, 0.15) is 11.1 Å². The van der Waals surface area contributed by atoms with Gasteiger partial charge in [-0.15, -0.1) is 0 Å². The SMILES string of the molecule is Cc1cccc(OCCn2cc([N+](=O)[O-])c(C)cc2=O)c1. The van der Waals surface area contributed by atoms with E-state index in [0.717, 1.165) is 5.56 Å². The highest BCUT2D eigenvalue weighted by atomic mass is 16.6. The minimum absolute atomic E-state index is 0.0647. The number of rotatable bonds is 5. The number of nitrogens with zero attached hydrogens (tertiary/aromatic N) is 2. The standard InChI is InChI=1S/C15H16N2O4/c1-11-4-3-5-13(8-11)21-7-6-16-10-14(17(19)20)12(2)9-15(16)18/h3-5,8-10H,6-7H2,1-2H3. The summed E-state index contributed by atoms with van der Waals surface area (Å²) in [5.41, 5.74) is 1.10. The number of aromatic nitrogens is 1. The minimum atomic E-state index is -0.493. The highest BCUT2D eigenvalue weighted by Crippen LogP contribution is 2.15. The molecule has 110 valence electrons. The molecule has 0 N–H and O–H groups in total. The van der Waals surface area contributed by atoms with Crippen molar-refractivity contribution in [3.63, 3.8) is 0 Å². The van der Waals surface area contributed by atoms with Gasteiger partial charge in [0.05, 0.1) is 17.7 Å². The van der Waals surface area contributed by atoms with E-state index in [1.54, 1.807) is 6.92 Å². The number of aryl methyl sites for hydroxylation is 2. The molecule has 0 bridgehead atoms. The van der Waals surface area contributed by atoms with Crippen LogP contribution in [-0.4, -0.2) is 16.1 Å². The van der Waals surface area contributed by atoms with Crippen LogP contribution >= 0.6 is 0 Å². The second-order valence-electron chi connectivity index (χ2n) is 4.80. The number of ether oxygens (including phenoxy) is 1. The lowest BCUT2D eigenvalue weighted by Gasteiger charge is -2.09. The van der Waals surface area contributed by atoms with Crippen molar-refractivity contribution < 1.29 is 9.66 Å². The molecule has 2 rings (SSSR count). The third-order valence-electron chi connectivity index (χ3n) is 3.09.